The van der Waals surface area contributed by atoms with Crippen LogP contribution in [0.1, 0.15) is 33.1 Å². The van der Waals surface area contributed by atoms with Gasteiger partial charge in [0.1, 0.15) is 5.54 Å². The van der Waals surface area contributed by atoms with Gasteiger partial charge < -0.3 is 20.1 Å². The van der Waals surface area contributed by atoms with Gasteiger partial charge in [0, 0.05) is 38.1 Å². The normalized spacial score (nSPS) is 43.0. The number of likely N-dealkylation sites (tertiary alicyclic amines) is 1. The Hall–Kier alpha value is -0.650. The molecule has 2 heterocycles. The van der Waals surface area contributed by atoms with Crippen LogP contribution >= 0.6 is 0 Å². The summed E-state index contributed by atoms with van der Waals surface area (Å²) < 4.78 is 11.2. The van der Waals surface area contributed by atoms with Gasteiger partial charge in [0.15, 0.2) is 0 Å². The molecule has 2 N–H and O–H groups in total. The topological polar surface area (TPSA) is 64.8 Å². The van der Waals surface area contributed by atoms with Gasteiger partial charge in [0.2, 0.25) is 5.91 Å². The summed E-state index contributed by atoms with van der Waals surface area (Å²) in [5, 5.41) is 0. The van der Waals surface area contributed by atoms with Crippen LogP contribution in [0.3, 0.4) is 0 Å². The van der Waals surface area contributed by atoms with E-state index in [0.29, 0.717) is 6.54 Å². The number of methoxy groups -OCH3 is 1. The lowest BCUT2D eigenvalue weighted by molar-refractivity contribution is -0.229. The fraction of sp³-hybridized carbons (Fsp3) is 0.933. The minimum absolute atomic E-state index is 0.0915. The average molecular weight is 282 g/mol. The van der Waals surface area contributed by atoms with Crippen molar-refractivity contribution in [2.24, 2.45) is 17.1 Å². The van der Waals surface area contributed by atoms with E-state index in [4.69, 9.17) is 15.2 Å². The second-order valence-corrected chi connectivity index (χ2v) is 7.03. The lowest BCUT2D eigenvalue weighted by Gasteiger charge is -2.65. The number of fused-ring (bicyclic) bond motifs is 1. The number of carbonyl (C=O) groups excluding carboxylic acids is 1. The fourth-order valence-corrected chi connectivity index (χ4v) is 4.38. The summed E-state index contributed by atoms with van der Waals surface area (Å²) in [5.74, 6) is 0.258. The molecule has 1 aliphatic carbocycles. The van der Waals surface area contributed by atoms with Gasteiger partial charge in [-0.1, -0.05) is 13.8 Å². The highest BCUT2D eigenvalue weighted by Gasteiger charge is 2.71. The zero-order valence-electron chi connectivity index (χ0n) is 12.7. The molecule has 4 atom stereocenters. The van der Waals surface area contributed by atoms with Crippen LogP contribution in [0, 0.1) is 11.3 Å². The molecule has 0 aromatic rings. The number of carbonyl (C=O) groups is 1. The van der Waals surface area contributed by atoms with E-state index in [9.17, 15) is 4.79 Å². The Kier molecular flexibility index (Phi) is 3.35. The van der Waals surface area contributed by atoms with E-state index in [-0.39, 0.29) is 29.4 Å². The van der Waals surface area contributed by atoms with Crippen molar-refractivity contribution in [3.63, 3.8) is 0 Å². The quantitative estimate of drug-likeness (QED) is 0.812. The summed E-state index contributed by atoms with van der Waals surface area (Å²) in [6.07, 6.45) is 3.20. The van der Waals surface area contributed by atoms with Crippen molar-refractivity contribution in [3.8, 4) is 0 Å². The van der Waals surface area contributed by atoms with Gasteiger partial charge in [-0.3, -0.25) is 4.79 Å². The highest BCUT2D eigenvalue weighted by atomic mass is 16.5. The Morgan fingerprint density at radius 2 is 2.15 bits per heavy atom. The van der Waals surface area contributed by atoms with Gasteiger partial charge in [0.25, 0.3) is 0 Å². The van der Waals surface area contributed by atoms with Crippen LogP contribution in [0.25, 0.3) is 0 Å². The van der Waals surface area contributed by atoms with Crippen LogP contribution in [-0.4, -0.2) is 55.4 Å². The van der Waals surface area contributed by atoms with Crippen molar-refractivity contribution in [2.45, 2.75) is 50.9 Å². The van der Waals surface area contributed by atoms with E-state index in [1.54, 1.807) is 7.11 Å². The predicted molar refractivity (Wildman–Crippen MR) is 75.2 cm³/mol. The number of ether oxygens (including phenoxy) is 2. The molecule has 114 valence electrons. The molecule has 2 saturated heterocycles. The van der Waals surface area contributed by atoms with E-state index in [2.05, 4.69) is 13.8 Å². The minimum atomic E-state index is -0.777. The van der Waals surface area contributed by atoms with E-state index < -0.39 is 5.54 Å². The minimum Gasteiger partial charge on any atom is -0.380 e. The number of hydrogen-bond donors (Lipinski definition) is 1. The van der Waals surface area contributed by atoms with Gasteiger partial charge in [-0.25, -0.2) is 0 Å². The molecule has 0 bridgehead atoms. The third-order valence-corrected chi connectivity index (χ3v) is 5.80. The molecule has 5 nitrogen and oxygen atoms in total. The monoisotopic (exact) mass is 282 g/mol. The first-order chi connectivity index (χ1) is 9.42. The van der Waals surface area contributed by atoms with Crippen LogP contribution in [0.15, 0.2) is 0 Å². The zero-order valence-corrected chi connectivity index (χ0v) is 12.7. The Morgan fingerprint density at radius 1 is 1.40 bits per heavy atom. The van der Waals surface area contributed by atoms with Crippen molar-refractivity contribution >= 4 is 5.91 Å². The molecule has 20 heavy (non-hydrogen) atoms. The van der Waals surface area contributed by atoms with E-state index in [1.807, 2.05) is 4.90 Å². The summed E-state index contributed by atoms with van der Waals surface area (Å²) in [4.78, 5) is 14.9. The second-order valence-electron chi connectivity index (χ2n) is 7.03. The lowest BCUT2D eigenvalue weighted by atomic mass is 9.46. The van der Waals surface area contributed by atoms with E-state index in [0.717, 1.165) is 32.4 Å². The number of rotatable bonds is 2. The number of nitrogens with zero attached hydrogens (tertiary/aromatic N) is 1. The Labute approximate surface area is 120 Å². The van der Waals surface area contributed by atoms with Gasteiger partial charge in [-0.05, 0) is 19.3 Å². The maximum atomic E-state index is 13.0. The highest BCUT2D eigenvalue weighted by molar-refractivity contribution is 5.89. The van der Waals surface area contributed by atoms with Gasteiger partial charge in [0.05, 0.1) is 12.2 Å². The second kappa shape index (κ2) is 4.68. The Balaban J connectivity index is 1.79. The molecule has 3 aliphatic rings. The maximum absolute atomic E-state index is 13.0. The molecular formula is C15H26N2O3. The first kappa shape index (κ1) is 14.3. The fourth-order valence-electron chi connectivity index (χ4n) is 4.38. The van der Waals surface area contributed by atoms with Crippen molar-refractivity contribution in [1.82, 2.24) is 4.90 Å². The first-order valence-corrected chi connectivity index (χ1v) is 7.65. The molecule has 1 amide bonds. The molecular weight excluding hydrogens is 256 g/mol. The first-order valence-electron chi connectivity index (χ1n) is 7.65. The van der Waals surface area contributed by atoms with Crippen molar-refractivity contribution in [3.05, 3.63) is 0 Å². The molecule has 0 radical (unpaired) electrons. The largest absolute Gasteiger partial charge is 0.380 e. The smallest absolute Gasteiger partial charge is 0.243 e. The number of hydrogen-bond acceptors (Lipinski definition) is 4. The number of nitrogens with two attached hydrogens (primary N) is 1. The Morgan fingerprint density at radius 3 is 2.80 bits per heavy atom. The van der Waals surface area contributed by atoms with Gasteiger partial charge in [-0.15, -0.1) is 0 Å². The van der Waals surface area contributed by atoms with Crippen LogP contribution in [-0.2, 0) is 14.3 Å². The highest BCUT2D eigenvalue weighted by Crippen LogP contribution is 2.58. The standard InChI is InChI=1S/C15H26N2O3/c1-14(2)12-11(5-4-8-20-12)15(14,16)13(18)17-7-6-10(9-17)19-3/h10-12H,4-9,16H2,1-3H3. The predicted octanol–water partition coefficient (Wildman–Crippen LogP) is 0.766. The molecule has 1 saturated carbocycles. The third-order valence-electron chi connectivity index (χ3n) is 5.80. The third kappa shape index (κ3) is 1.69. The SMILES string of the molecule is COC1CCN(C(=O)C2(N)C3CCCOC3C2(C)C)C1. The summed E-state index contributed by atoms with van der Waals surface area (Å²) in [7, 11) is 1.70. The summed E-state index contributed by atoms with van der Waals surface area (Å²) >= 11 is 0. The summed E-state index contributed by atoms with van der Waals surface area (Å²) in [5.41, 5.74) is 5.57. The van der Waals surface area contributed by atoms with Crippen LogP contribution in [0.4, 0.5) is 0 Å². The average Bonchev–Trinajstić information content (AvgIpc) is 2.94. The van der Waals surface area contributed by atoms with E-state index in [1.165, 1.54) is 0 Å². The summed E-state index contributed by atoms with van der Waals surface area (Å²) in [6, 6.07) is 0. The molecule has 3 rings (SSSR count). The maximum Gasteiger partial charge on any atom is 0.243 e. The lowest BCUT2D eigenvalue weighted by Crippen LogP contribution is -2.82. The zero-order chi connectivity index (χ0) is 14.5. The van der Waals surface area contributed by atoms with Crippen LogP contribution < -0.4 is 5.73 Å². The molecule has 0 spiro atoms. The van der Waals surface area contributed by atoms with Crippen molar-refractivity contribution in [1.29, 1.82) is 0 Å². The molecule has 0 aromatic heterocycles. The molecule has 0 aromatic carbocycles. The molecule has 3 fully saturated rings. The molecule has 2 aliphatic heterocycles. The van der Waals surface area contributed by atoms with Crippen LogP contribution in [0.5, 0.6) is 0 Å². The van der Waals surface area contributed by atoms with Gasteiger partial charge in [-0.2, -0.15) is 0 Å². The van der Waals surface area contributed by atoms with Gasteiger partial charge >= 0.3 is 0 Å². The van der Waals surface area contributed by atoms with Crippen molar-refractivity contribution in [2.75, 3.05) is 26.8 Å². The summed E-state index contributed by atoms with van der Waals surface area (Å²) in [6.45, 7) is 6.36. The van der Waals surface area contributed by atoms with Crippen LogP contribution in [0.2, 0.25) is 0 Å². The Bertz CT molecular complexity index is 412. The number of amides is 1. The molecule has 5 heteroatoms. The molecule has 4 unspecified atom stereocenters. The van der Waals surface area contributed by atoms with E-state index >= 15 is 0 Å². The van der Waals surface area contributed by atoms with Crippen molar-refractivity contribution < 1.29 is 14.3 Å².